The molecule has 222 valence electrons. The number of carbonyl (C=O) groups is 2. The zero-order valence-corrected chi connectivity index (χ0v) is 22.1. The molecule has 1 amide bonds. The van der Waals surface area contributed by atoms with Crippen molar-refractivity contribution in [3.8, 4) is 11.5 Å². The molecular formula is C21H27F3N6O9S. The van der Waals surface area contributed by atoms with Crippen molar-refractivity contribution >= 4 is 33.5 Å². The average Bonchev–Trinajstić information content (AvgIpc) is 2.85. The van der Waals surface area contributed by atoms with Crippen LogP contribution in [0.25, 0.3) is 0 Å². The highest BCUT2D eigenvalue weighted by Crippen LogP contribution is 2.30. The standard InChI is InChI=1S/C19H26N6O7S.C2HF3O2/c1-11-8-12(9-16(26)22-6-7-32-24-19(20)21)17(18(27)23-11)25-33(28,29)15-10-13(30-2)4-5-14(15)31-3;3-2(4,5)1(6)7/h4-5,8,10,25H,6-7,9H2,1-3H3,(H,22,26)(H,23,27)(H4,20,21,24);(H,6,7). The van der Waals surface area contributed by atoms with Gasteiger partial charge in [0, 0.05) is 18.3 Å². The number of aromatic nitrogens is 1. The Balaban J connectivity index is 0.00000101. The van der Waals surface area contributed by atoms with Crippen LogP contribution in [-0.2, 0) is 30.9 Å². The van der Waals surface area contributed by atoms with Gasteiger partial charge in [0.15, 0.2) is 0 Å². The number of amides is 1. The van der Waals surface area contributed by atoms with Crippen molar-refractivity contribution in [3.63, 3.8) is 0 Å². The number of aryl methyl sites for hydroxylation is 1. The van der Waals surface area contributed by atoms with E-state index in [4.69, 9.17) is 35.4 Å². The van der Waals surface area contributed by atoms with Crippen LogP contribution in [0.3, 0.4) is 0 Å². The molecule has 0 fully saturated rings. The van der Waals surface area contributed by atoms with E-state index in [0.717, 1.165) is 0 Å². The molecule has 0 bridgehead atoms. The number of carbonyl (C=O) groups excluding carboxylic acids is 1. The molecule has 1 aromatic heterocycles. The van der Waals surface area contributed by atoms with E-state index in [-0.39, 0.29) is 53.2 Å². The summed E-state index contributed by atoms with van der Waals surface area (Å²) in [7, 11) is -1.59. The van der Waals surface area contributed by atoms with Crippen LogP contribution < -0.4 is 36.3 Å². The van der Waals surface area contributed by atoms with Gasteiger partial charge >= 0.3 is 12.1 Å². The fourth-order valence-electron chi connectivity index (χ4n) is 2.80. The first-order chi connectivity index (χ1) is 18.5. The van der Waals surface area contributed by atoms with Crippen molar-refractivity contribution in [1.29, 1.82) is 5.41 Å². The summed E-state index contributed by atoms with van der Waals surface area (Å²) in [6.45, 7) is 1.71. The Hall–Kier alpha value is -4.52. The second-order valence-electron chi connectivity index (χ2n) is 7.50. The number of hydrogen-bond donors (Lipinski definition) is 7. The molecule has 0 aliphatic rings. The minimum absolute atomic E-state index is 0.0227. The second-order valence-corrected chi connectivity index (χ2v) is 9.15. The number of hydrogen-bond acceptors (Lipinski definition) is 9. The summed E-state index contributed by atoms with van der Waals surface area (Å²) < 4.78 is 70.4. The first-order valence-corrected chi connectivity index (χ1v) is 12.3. The van der Waals surface area contributed by atoms with Crippen LogP contribution >= 0.6 is 0 Å². The number of ether oxygens (including phenoxy) is 2. The second kappa shape index (κ2) is 14.6. The van der Waals surface area contributed by atoms with Gasteiger partial charge in [-0.15, -0.1) is 0 Å². The number of carboxylic acids is 1. The Morgan fingerprint density at radius 3 is 2.33 bits per heavy atom. The molecule has 0 radical (unpaired) electrons. The molecule has 19 heteroatoms. The lowest BCUT2D eigenvalue weighted by Crippen LogP contribution is -2.35. The lowest BCUT2D eigenvalue weighted by atomic mass is 10.1. The Morgan fingerprint density at radius 2 is 1.80 bits per heavy atom. The van der Waals surface area contributed by atoms with E-state index in [1.54, 1.807) is 6.92 Å². The molecule has 2 aromatic rings. The van der Waals surface area contributed by atoms with Gasteiger partial charge in [0.1, 0.15) is 22.1 Å². The molecule has 0 saturated carbocycles. The number of methoxy groups -OCH3 is 2. The number of aliphatic carboxylic acids is 1. The van der Waals surface area contributed by atoms with Crippen molar-refractivity contribution in [3.05, 3.63) is 45.9 Å². The van der Waals surface area contributed by atoms with Gasteiger partial charge in [-0.05, 0) is 30.7 Å². The molecule has 0 aliphatic heterocycles. The molecule has 0 aliphatic carbocycles. The fraction of sp³-hybridized carbons (Fsp3) is 0.333. The van der Waals surface area contributed by atoms with Crippen LogP contribution in [0.5, 0.6) is 11.5 Å². The molecule has 0 saturated heterocycles. The molecule has 15 nitrogen and oxygen atoms in total. The number of nitrogens with two attached hydrogens (primary N) is 1. The normalized spacial score (nSPS) is 10.9. The van der Waals surface area contributed by atoms with Gasteiger partial charge in [0.25, 0.3) is 15.6 Å². The minimum atomic E-state index is -5.08. The van der Waals surface area contributed by atoms with E-state index in [9.17, 15) is 31.2 Å². The number of carboxylic acid groups (broad SMARTS) is 1. The van der Waals surface area contributed by atoms with E-state index in [1.807, 2.05) is 0 Å². The van der Waals surface area contributed by atoms with E-state index in [1.165, 1.54) is 38.5 Å². The van der Waals surface area contributed by atoms with Crippen molar-refractivity contribution in [2.75, 3.05) is 32.1 Å². The summed E-state index contributed by atoms with van der Waals surface area (Å²) >= 11 is 0. The number of anilines is 1. The van der Waals surface area contributed by atoms with Crippen LogP contribution in [0, 0.1) is 12.3 Å². The van der Waals surface area contributed by atoms with Crippen molar-refractivity contribution in [2.45, 2.75) is 24.4 Å². The predicted octanol–water partition coefficient (Wildman–Crippen LogP) is 0.208. The number of aromatic amines is 1. The smallest absolute Gasteiger partial charge is 0.490 e. The number of sulfonamides is 1. The van der Waals surface area contributed by atoms with E-state index in [2.05, 4.69) is 20.5 Å². The quantitative estimate of drug-likeness (QED) is 0.0801. The summed E-state index contributed by atoms with van der Waals surface area (Å²) in [5.74, 6) is -3.30. The van der Waals surface area contributed by atoms with Crippen molar-refractivity contribution < 1.29 is 50.6 Å². The number of H-pyrrole nitrogens is 1. The van der Waals surface area contributed by atoms with Gasteiger partial charge < -0.3 is 30.6 Å². The summed E-state index contributed by atoms with van der Waals surface area (Å²) in [5.41, 5.74) is 6.79. The Kier molecular flexibility index (Phi) is 12.2. The zero-order valence-electron chi connectivity index (χ0n) is 21.3. The number of hydroxylamine groups is 1. The first kappa shape index (κ1) is 33.5. The van der Waals surface area contributed by atoms with Crippen LogP contribution in [0.4, 0.5) is 18.9 Å². The van der Waals surface area contributed by atoms with Crippen LogP contribution in [0.1, 0.15) is 11.3 Å². The molecule has 8 N–H and O–H groups in total. The van der Waals surface area contributed by atoms with E-state index < -0.39 is 33.6 Å². The number of halogens is 3. The highest BCUT2D eigenvalue weighted by molar-refractivity contribution is 7.92. The van der Waals surface area contributed by atoms with Gasteiger partial charge in [-0.1, -0.05) is 0 Å². The van der Waals surface area contributed by atoms with Crippen LogP contribution in [-0.4, -0.2) is 69.9 Å². The Bertz CT molecular complexity index is 1380. The maximum absolute atomic E-state index is 13.1. The van der Waals surface area contributed by atoms with E-state index >= 15 is 0 Å². The van der Waals surface area contributed by atoms with Gasteiger partial charge in [0.05, 0.1) is 27.2 Å². The zero-order chi connectivity index (χ0) is 30.7. The number of guanidine groups is 1. The lowest BCUT2D eigenvalue weighted by Gasteiger charge is -2.15. The maximum Gasteiger partial charge on any atom is 0.490 e. The molecule has 2 rings (SSSR count). The third-order valence-electron chi connectivity index (χ3n) is 4.45. The summed E-state index contributed by atoms with van der Waals surface area (Å²) in [5, 5.41) is 16.6. The van der Waals surface area contributed by atoms with Gasteiger partial charge in [-0.2, -0.15) is 13.2 Å². The number of nitrogens with one attached hydrogen (secondary N) is 5. The lowest BCUT2D eigenvalue weighted by molar-refractivity contribution is -0.192. The largest absolute Gasteiger partial charge is 0.497 e. The van der Waals surface area contributed by atoms with E-state index in [0.29, 0.717) is 5.69 Å². The molecule has 0 atom stereocenters. The topological polar surface area (TPSA) is 235 Å². The third kappa shape index (κ3) is 10.7. The summed E-state index contributed by atoms with van der Waals surface area (Å²) in [6.07, 6.45) is -5.36. The van der Waals surface area contributed by atoms with Gasteiger partial charge in [-0.3, -0.25) is 24.6 Å². The third-order valence-corrected chi connectivity index (χ3v) is 5.82. The number of rotatable bonds is 11. The highest BCUT2D eigenvalue weighted by Gasteiger charge is 2.38. The molecule has 1 heterocycles. The Morgan fingerprint density at radius 1 is 1.18 bits per heavy atom. The number of alkyl halides is 3. The molecule has 0 unspecified atom stereocenters. The summed E-state index contributed by atoms with van der Waals surface area (Å²) in [4.78, 5) is 40.9. The molecule has 1 aromatic carbocycles. The van der Waals surface area contributed by atoms with Crippen LogP contribution in [0.2, 0.25) is 0 Å². The predicted molar refractivity (Wildman–Crippen MR) is 134 cm³/mol. The van der Waals surface area contributed by atoms with Crippen molar-refractivity contribution in [1.82, 2.24) is 15.8 Å². The molecule has 40 heavy (non-hydrogen) atoms. The summed E-state index contributed by atoms with van der Waals surface area (Å²) in [6, 6.07) is 5.70. The fourth-order valence-corrected chi connectivity index (χ4v) is 4.09. The average molecular weight is 597 g/mol. The van der Waals surface area contributed by atoms with Crippen molar-refractivity contribution in [2.24, 2.45) is 5.73 Å². The highest BCUT2D eigenvalue weighted by atomic mass is 32.2. The maximum atomic E-state index is 13.1. The SMILES string of the molecule is COc1ccc(OC)c(S(=O)(=O)Nc2c(CC(=O)NCCONC(=N)N)cc(C)[nH]c2=O)c1.O=C(O)C(F)(F)F. The first-order valence-electron chi connectivity index (χ1n) is 10.8. The van der Waals surface area contributed by atoms with Gasteiger partial charge in [0.2, 0.25) is 11.9 Å². The Labute approximate surface area is 225 Å². The number of benzene rings is 1. The minimum Gasteiger partial charge on any atom is -0.497 e. The van der Waals surface area contributed by atoms with Crippen LogP contribution in [0.15, 0.2) is 34.0 Å². The molecule has 0 spiro atoms. The number of pyridine rings is 1. The van der Waals surface area contributed by atoms with Gasteiger partial charge in [-0.25, -0.2) is 18.7 Å². The molecular weight excluding hydrogens is 569 g/mol. The monoisotopic (exact) mass is 596 g/mol.